The van der Waals surface area contributed by atoms with Crippen LogP contribution >= 0.6 is 0 Å². The summed E-state index contributed by atoms with van der Waals surface area (Å²) in [7, 11) is 0. The number of para-hydroxylation sites is 1. The molecule has 5 heteroatoms. The fourth-order valence-corrected chi connectivity index (χ4v) is 2.91. The zero-order valence-corrected chi connectivity index (χ0v) is 14.4. The largest absolute Gasteiger partial charge is 1.00 e. The topological polar surface area (TPSA) is 70.1 Å². The molecule has 4 rings (SSSR count). The average Bonchev–Trinajstić information content (AvgIpc) is 2.79. The van der Waals surface area contributed by atoms with Gasteiger partial charge in [0.2, 0.25) is 0 Å². The van der Waals surface area contributed by atoms with Crippen LogP contribution in [-0.2, 0) is 0 Å². The quantitative estimate of drug-likeness (QED) is 0.448. The first-order valence-electron chi connectivity index (χ1n) is 6.91. The van der Waals surface area contributed by atoms with Crippen molar-refractivity contribution in [2.75, 3.05) is 0 Å². The molecule has 0 N–H and O–H groups in total. The fraction of sp³-hybridized carbons (Fsp3) is 0.0556. The number of aromatic nitrogens is 1. The molecule has 0 saturated carbocycles. The van der Waals surface area contributed by atoms with Crippen LogP contribution in [-0.4, -0.2) is 16.6 Å². The van der Waals surface area contributed by atoms with Crippen molar-refractivity contribution in [2.45, 2.75) is 5.92 Å². The Balaban J connectivity index is 0.00000156. The molecule has 2 aromatic carbocycles. The van der Waals surface area contributed by atoms with Crippen LogP contribution in [0.1, 0.15) is 32.3 Å². The smallest absolute Gasteiger partial charge is 0.871 e. The van der Waals surface area contributed by atoms with Gasteiger partial charge in [-0.3, -0.25) is 14.6 Å². The maximum absolute atomic E-state index is 12.5. The van der Waals surface area contributed by atoms with E-state index in [0.717, 1.165) is 0 Å². The molecular weight excluding hydrogens is 301 g/mol. The van der Waals surface area contributed by atoms with Gasteiger partial charge in [-0.15, -0.1) is 0 Å². The van der Waals surface area contributed by atoms with Gasteiger partial charge in [-0.2, -0.15) is 0 Å². The molecule has 0 spiro atoms. The Morgan fingerprint density at radius 2 is 1.43 bits per heavy atom. The van der Waals surface area contributed by atoms with Crippen LogP contribution in [0.5, 0.6) is 5.75 Å². The third-order valence-corrected chi connectivity index (χ3v) is 3.97. The first-order valence-corrected chi connectivity index (χ1v) is 6.91. The van der Waals surface area contributed by atoms with Crippen LogP contribution in [0.2, 0.25) is 0 Å². The van der Waals surface area contributed by atoms with Gasteiger partial charge < -0.3 is 5.11 Å². The van der Waals surface area contributed by atoms with E-state index in [1.807, 2.05) is 6.07 Å². The van der Waals surface area contributed by atoms with Crippen molar-refractivity contribution < 1.29 is 44.3 Å². The van der Waals surface area contributed by atoms with Crippen molar-refractivity contribution in [3.63, 3.8) is 0 Å². The van der Waals surface area contributed by atoms with Crippen molar-refractivity contribution in [3.8, 4) is 5.75 Å². The number of rotatable bonds is 1. The molecule has 0 radical (unpaired) electrons. The number of carbonyl (C=O) groups excluding carboxylic acids is 2. The number of ketones is 2. The summed E-state index contributed by atoms with van der Waals surface area (Å²) in [4.78, 5) is 29.3. The number of carbonyl (C=O) groups is 2. The number of hydrogen-bond acceptors (Lipinski definition) is 4. The zero-order valence-electron chi connectivity index (χ0n) is 12.4. The molecule has 0 aliphatic heterocycles. The summed E-state index contributed by atoms with van der Waals surface area (Å²) in [6.45, 7) is 0. The SMILES string of the molecule is O=C1c2ccccc2C(=O)C1c1nc2ccccc2cc1[O-].[Na+]. The van der Waals surface area contributed by atoms with E-state index in [1.165, 1.54) is 6.07 Å². The summed E-state index contributed by atoms with van der Waals surface area (Å²) < 4.78 is 0. The molecule has 1 aromatic heterocycles. The van der Waals surface area contributed by atoms with Crippen molar-refractivity contribution in [3.05, 3.63) is 71.4 Å². The van der Waals surface area contributed by atoms with Crippen molar-refractivity contribution in [1.29, 1.82) is 0 Å². The van der Waals surface area contributed by atoms with Crippen LogP contribution in [0, 0.1) is 0 Å². The molecule has 1 aliphatic carbocycles. The molecule has 0 atom stereocenters. The molecule has 4 nitrogen and oxygen atoms in total. The first kappa shape index (κ1) is 15.9. The van der Waals surface area contributed by atoms with Crippen LogP contribution < -0.4 is 34.7 Å². The molecule has 0 amide bonds. The maximum Gasteiger partial charge on any atom is 1.00 e. The minimum absolute atomic E-state index is 0. The molecule has 23 heavy (non-hydrogen) atoms. The van der Waals surface area contributed by atoms with Gasteiger partial charge in [0.25, 0.3) is 0 Å². The second kappa shape index (κ2) is 5.89. The molecule has 0 fully saturated rings. The summed E-state index contributed by atoms with van der Waals surface area (Å²) in [6, 6.07) is 15.2. The molecule has 1 aliphatic rings. The van der Waals surface area contributed by atoms with Gasteiger partial charge in [-0.25, -0.2) is 0 Å². The van der Waals surface area contributed by atoms with Gasteiger partial charge in [-0.05, 0) is 11.5 Å². The number of hydrogen-bond donors (Lipinski definition) is 0. The Labute approximate surface area is 154 Å². The Kier molecular flexibility index (Phi) is 4.06. The number of Topliss-reactive ketones (excluding diaryl/α,β-unsaturated/α-hetero) is 2. The minimum atomic E-state index is -1.12. The van der Waals surface area contributed by atoms with E-state index in [4.69, 9.17) is 0 Å². The van der Waals surface area contributed by atoms with Gasteiger partial charge in [0.15, 0.2) is 11.6 Å². The molecule has 0 saturated heterocycles. The molecule has 1 heterocycles. The molecule has 106 valence electrons. The van der Waals surface area contributed by atoms with E-state index < -0.39 is 5.92 Å². The van der Waals surface area contributed by atoms with E-state index in [2.05, 4.69) is 4.98 Å². The van der Waals surface area contributed by atoms with Gasteiger partial charge in [-0.1, -0.05) is 54.3 Å². The number of pyridine rings is 1. The van der Waals surface area contributed by atoms with E-state index >= 15 is 0 Å². The van der Waals surface area contributed by atoms with Crippen LogP contribution in [0.4, 0.5) is 0 Å². The second-order valence-electron chi connectivity index (χ2n) is 5.27. The molecule has 0 unspecified atom stereocenters. The number of benzene rings is 2. The van der Waals surface area contributed by atoms with Gasteiger partial charge >= 0.3 is 29.6 Å². The monoisotopic (exact) mass is 311 g/mol. The summed E-state index contributed by atoms with van der Waals surface area (Å²) in [5.74, 6) is -2.19. The van der Waals surface area contributed by atoms with E-state index in [9.17, 15) is 14.7 Å². The third-order valence-electron chi connectivity index (χ3n) is 3.97. The summed E-state index contributed by atoms with van der Waals surface area (Å²) in [5, 5.41) is 13.0. The summed E-state index contributed by atoms with van der Waals surface area (Å²) in [6.07, 6.45) is 0. The molecule has 0 bridgehead atoms. The Bertz CT molecular complexity index is 917. The van der Waals surface area contributed by atoms with Crippen molar-refractivity contribution in [2.24, 2.45) is 0 Å². The van der Waals surface area contributed by atoms with Crippen molar-refractivity contribution >= 4 is 22.5 Å². The normalized spacial score (nSPS) is 13.9. The molecule has 3 aromatic rings. The number of nitrogens with zero attached hydrogens (tertiary/aromatic N) is 1. The van der Waals surface area contributed by atoms with E-state index in [1.54, 1.807) is 42.5 Å². The van der Waals surface area contributed by atoms with Crippen LogP contribution in [0.3, 0.4) is 0 Å². The van der Waals surface area contributed by atoms with Gasteiger partial charge in [0, 0.05) is 11.1 Å². The second-order valence-corrected chi connectivity index (χ2v) is 5.27. The maximum atomic E-state index is 12.5. The minimum Gasteiger partial charge on any atom is -0.871 e. The summed E-state index contributed by atoms with van der Waals surface area (Å²) >= 11 is 0. The Morgan fingerprint density at radius 1 is 0.870 bits per heavy atom. The average molecular weight is 311 g/mol. The predicted octanol–water partition coefficient (Wildman–Crippen LogP) is -0.525. The number of fused-ring (bicyclic) bond motifs is 2. The van der Waals surface area contributed by atoms with Crippen LogP contribution in [0.25, 0.3) is 10.9 Å². The summed E-state index contributed by atoms with van der Waals surface area (Å²) in [5.41, 5.74) is 1.36. The standard InChI is InChI=1S/C18H11NO3.Na/c20-14-9-10-5-1-4-8-13(10)19-16(14)15-17(21)11-6-2-3-7-12(11)18(15)22;/h1-9,15,20H;/q;+1/p-1. The third kappa shape index (κ3) is 2.39. The van der Waals surface area contributed by atoms with E-state index in [-0.39, 0.29) is 52.6 Å². The van der Waals surface area contributed by atoms with Crippen molar-refractivity contribution in [1.82, 2.24) is 4.98 Å². The Morgan fingerprint density at radius 3 is 2.09 bits per heavy atom. The Hall–Kier alpha value is -2.01. The van der Waals surface area contributed by atoms with E-state index in [0.29, 0.717) is 22.0 Å². The van der Waals surface area contributed by atoms with Crippen LogP contribution in [0.15, 0.2) is 54.6 Å². The predicted molar refractivity (Wildman–Crippen MR) is 79.0 cm³/mol. The molecular formula is C18H10NNaO3. The fourth-order valence-electron chi connectivity index (χ4n) is 2.91. The van der Waals surface area contributed by atoms with Gasteiger partial charge in [0.1, 0.15) is 5.92 Å². The van der Waals surface area contributed by atoms with Gasteiger partial charge in [0.05, 0.1) is 11.2 Å². The first-order chi connectivity index (χ1) is 10.7. The zero-order chi connectivity index (χ0) is 15.3.